The predicted molar refractivity (Wildman–Crippen MR) is 65.9 cm³/mol. The third kappa shape index (κ3) is 2.32. The summed E-state index contributed by atoms with van der Waals surface area (Å²) in [6.07, 6.45) is 3.02. The number of carbonyl (C=O) groups is 2. The molecule has 2 heterocycles. The Balaban J connectivity index is 2.11. The number of nitrogen functional groups attached to an aromatic ring is 1. The Kier molecular flexibility index (Phi) is 3.55. The van der Waals surface area contributed by atoms with Crippen LogP contribution in [-0.4, -0.2) is 41.0 Å². The van der Waals surface area contributed by atoms with Crippen LogP contribution in [0.1, 0.15) is 30.3 Å². The largest absolute Gasteiger partial charge is 0.464 e. The van der Waals surface area contributed by atoms with Crippen LogP contribution in [-0.2, 0) is 9.53 Å². The van der Waals surface area contributed by atoms with Gasteiger partial charge in [-0.1, -0.05) is 0 Å². The molecule has 0 saturated carbocycles. The van der Waals surface area contributed by atoms with Crippen LogP contribution in [0.25, 0.3) is 0 Å². The summed E-state index contributed by atoms with van der Waals surface area (Å²) in [5.74, 6) is -0.537. The fraction of sp³-hybridized carbons (Fsp3) is 0.500. The molecule has 2 rings (SSSR count). The molecule has 0 radical (unpaired) electrons. The molecule has 0 spiro atoms. The maximum Gasteiger partial charge on any atom is 0.328 e. The number of aromatic amines is 1. The Morgan fingerprint density at radius 2 is 2.39 bits per heavy atom. The fourth-order valence-corrected chi connectivity index (χ4v) is 2.18. The van der Waals surface area contributed by atoms with Crippen molar-refractivity contribution in [2.45, 2.75) is 25.8 Å². The molecule has 1 unspecified atom stereocenters. The van der Waals surface area contributed by atoms with Crippen LogP contribution in [0.15, 0.2) is 12.3 Å². The van der Waals surface area contributed by atoms with Gasteiger partial charge in [0.2, 0.25) is 0 Å². The second-order valence-electron chi connectivity index (χ2n) is 4.26. The predicted octanol–water partition coefficient (Wildman–Crippen LogP) is 0.765. The number of likely N-dealkylation sites (tertiary alicyclic amines) is 1. The standard InChI is InChI=1S/C12H17N3O3/c1-2-18-12(17)10-4-3-5-15(10)11(16)9-6-8(13)7-14-9/h6-7,10,14H,2-5,13H2,1H3. The molecule has 18 heavy (non-hydrogen) atoms. The Labute approximate surface area is 105 Å². The third-order valence-corrected chi connectivity index (χ3v) is 3.01. The SMILES string of the molecule is CCOC(=O)C1CCCN1C(=O)c1cc(N)c[nH]1. The van der Waals surface area contributed by atoms with Crippen molar-refractivity contribution in [3.63, 3.8) is 0 Å². The summed E-state index contributed by atoms with van der Waals surface area (Å²) in [5, 5.41) is 0. The maximum absolute atomic E-state index is 12.2. The molecule has 6 nitrogen and oxygen atoms in total. The number of rotatable bonds is 3. The van der Waals surface area contributed by atoms with Gasteiger partial charge in [0.1, 0.15) is 11.7 Å². The molecular weight excluding hydrogens is 234 g/mol. The number of carbonyl (C=O) groups excluding carboxylic acids is 2. The van der Waals surface area contributed by atoms with Crippen molar-refractivity contribution >= 4 is 17.6 Å². The molecule has 1 amide bonds. The van der Waals surface area contributed by atoms with E-state index >= 15 is 0 Å². The molecule has 6 heteroatoms. The maximum atomic E-state index is 12.2. The van der Waals surface area contributed by atoms with Gasteiger partial charge in [0.15, 0.2) is 0 Å². The lowest BCUT2D eigenvalue weighted by molar-refractivity contribution is -0.147. The second kappa shape index (κ2) is 5.12. The lowest BCUT2D eigenvalue weighted by Gasteiger charge is -2.22. The number of H-pyrrole nitrogens is 1. The average Bonchev–Trinajstić information content (AvgIpc) is 2.96. The Morgan fingerprint density at radius 3 is 3.00 bits per heavy atom. The van der Waals surface area contributed by atoms with E-state index in [-0.39, 0.29) is 11.9 Å². The number of nitrogens with zero attached hydrogens (tertiary/aromatic N) is 1. The van der Waals surface area contributed by atoms with E-state index in [1.54, 1.807) is 24.1 Å². The molecule has 1 aliphatic heterocycles. The van der Waals surface area contributed by atoms with E-state index in [4.69, 9.17) is 10.5 Å². The lowest BCUT2D eigenvalue weighted by atomic mass is 10.2. The van der Waals surface area contributed by atoms with E-state index in [2.05, 4.69) is 4.98 Å². The van der Waals surface area contributed by atoms with E-state index in [9.17, 15) is 9.59 Å². The molecule has 1 aromatic rings. The molecule has 1 aliphatic rings. The number of hydrogen-bond donors (Lipinski definition) is 2. The molecule has 1 saturated heterocycles. The van der Waals surface area contributed by atoms with E-state index < -0.39 is 6.04 Å². The highest BCUT2D eigenvalue weighted by molar-refractivity contribution is 5.96. The van der Waals surface area contributed by atoms with Crippen molar-refractivity contribution in [3.05, 3.63) is 18.0 Å². The van der Waals surface area contributed by atoms with E-state index in [1.807, 2.05) is 0 Å². The highest BCUT2D eigenvalue weighted by atomic mass is 16.5. The first-order chi connectivity index (χ1) is 8.63. The number of aromatic nitrogens is 1. The van der Waals surface area contributed by atoms with Crippen molar-refractivity contribution in [2.75, 3.05) is 18.9 Å². The van der Waals surface area contributed by atoms with Gasteiger partial charge in [0.25, 0.3) is 5.91 Å². The monoisotopic (exact) mass is 251 g/mol. The third-order valence-electron chi connectivity index (χ3n) is 3.01. The Morgan fingerprint density at radius 1 is 1.61 bits per heavy atom. The zero-order valence-electron chi connectivity index (χ0n) is 10.3. The first-order valence-electron chi connectivity index (χ1n) is 6.05. The van der Waals surface area contributed by atoms with Crippen LogP contribution in [0, 0.1) is 0 Å². The number of nitrogens with one attached hydrogen (secondary N) is 1. The van der Waals surface area contributed by atoms with Crippen molar-refractivity contribution in [2.24, 2.45) is 0 Å². The number of ether oxygens (including phenoxy) is 1. The number of esters is 1. The zero-order valence-corrected chi connectivity index (χ0v) is 10.3. The minimum atomic E-state index is -0.470. The van der Waals surface area contributed by atoms with Gasteiger partial charge in [0, 0.05) is 18.4 Å². The van der Waals surface area contributed by atoms with Crippen molar-refractivity contribution in [3.8, 4) is 0 Å². The first kappa shape index (κ1) is 12.5. The van der Waals surface area contributed by atoms with Crippen LogP contribution in [0.2, 0.25) is 0 Å². The van der Waals surface area contributed by atoms with Crippen LogP contribution in [0.3, 0.4) is 0 Å². The van der Waals surface area contributed by atoms with E-state index in [0.29, 0.717) is 31.0 Å². The van der Waals surface area contributed by atoms with Crippen LogP contribution >= 0.6 is 0 Å². The summed E-state index contributed by atoms with van der Waals surface area (Å²) >= 11 is 0. The highest BCUT2D eigenvalue weighted by Gasteiger charge is 2.35. The van der Waals surface area contributed by atoms with Gasteiger partial charge in [-0.2, -0.15) is 0 Å². The average molecular weight is 251 g/mol. The van der Waals surface area contributed by atoms with Gasteiger partial charge in [-0.25, -0.2) is 4.79 Å². The summed E-state index contributed by atoms with van der Waals surface area (Å²) in [5.41, 5.74) is 6.47. The lowest BCUT2D eigenvalue weighted by Crippen LogP contribution is -2.41. The molecule has 0 aliphatic carbocycles. The minimum Gasteiger partial charge on any atom is -0.464 e. The summed E-state index contributed by atoms with van der Waals surface area (Å²) in [7, 11) is 0. The smallest absolute Gasteiger partial charge is 0.328 e. The van der Waals surface area contributed by atoms with Gasteiger partial charge in [0.05, 0.1) is 6.61 Å². The normalized spacial score (nSPS) is 18.9. The molecule has 0 bridgehead atoms. The van der Waals surface area contributed by atoms with Gasteiger partial charge >= 0.3 is 5.97 Å². The van der Waals surface area contributed by atoms with E-state index in [0.717, 1.165) is 6.42 Å². The molecule has 1 fully saturated rings. The van der Waals surface area contributed by atoms with E-state index in [1.165, 1.54) is 0 Å². The molecule has 0 aromatic carbocycles. The van der Waals surface area contributed by atoms with Crippen molar-refractivity contribution < 1.29 is 14.3 Å². The molecule has 1 aromatic heterocycles. The minimum absolute atomic E-state index is 0.206. The first-order valence-corrected chi connectivity index (χ1v) is 6.05. The van der Waals surface area contributed by atoms with Gasteiger partial charge in [-0.15, -0.1) is 0 Å². The quantitative estimate of drug-likeness (QED) is 0.776. The summed E-state index contributed by atoms with van der Waals surface area (Å²) in [6.45, 7) is 2.65. The molecular formula is C12H17N3O3. The zero-order chi connectivity index (χ0) is 13.1. The Bertz CT molecular complexity index is 455. The number of amides is 1. The molecule has 1 atom stereocenters. The van der Waals surface area contributed by atoms with Gasteiger partial charge < -0.3 is 20.4 Å². The summed E-state index contributed by atoms with van der Waals surface area (Å²) in [4.78, 5) is 28.3. The summed E-state index contributed by atoms with van der Waals surface area (Å²) in [6, 6.07) is 1.10. The van der Waals surface area contributed by atoms with Crippen LogP contribution in [0.4, 0.5) is 5.69 Å². The number of anilines is 1. The highest BCUT2D eigenvalue weighted by Crippen LogP contribution is 2.21. The molecule has 3 N–H and O–H groups in total. The van der Waals surface area contributed by atoms with Crippen molar-refractivity contribution in [1.29, 1.82) is 0 Å². The number of nitrogens with two attached hydrogens (primary N) is 1. The topological polar surface area (TPSA) is 88.4 Å². The van der Waals surface area contributed by atoms with Gasteiger partial charge in [-0.05, 0) is 25.8 Å². The van der Waals surface area contributed by atoms with Crippen LogP contribution in [0.5, 0.6) is 0 Å². The second-order valence-corrected chi connectivity index (χ2v) is 4.26. The summed E-state index contributed by atoms with van der Waals surface area (Å²) < 4.78 is 4.98. The number of hydrogen-bond acceptors (Lipinski definition) is 4. The molecule has 98 valence electrons. The Hall–Kier alpha value is -1.98. The fourth-order valence-electron chi connectivity index (χ4n) is 2.18. The van der Waals surface area contributed by atoms with Crippen LogP contribution < -0.4 is 5.73 Å². The van der Waals surface area contributed by atoms with Crippen molar-refractivity contribution in [1.82, 2.24) is 9.88 Å². The van der Waals surface area contributed by atoms with Gasteiger partial charge in [-0.3, -0.25) is 4.79 Å².